The summed E-state index contributed by atoms with van der Waals surface area (Å²) in [6.07, 6.45) is 0.484. The number of halogens is 1. The van der Waals surface area contributed by atoms with E-state index in [-0.39, 0.29) is 0 Å². The van der Waals surface area contributed by atoms with Crippen LogP contribution in [0.25, 0.3) is 0 Å². The second kappa shape index (κ2) is 6.82. The van der Waals surface area contributed by atoms with Gasteiger partial charge in [-0.3, -0.25) is 4.79 Å². The van der Waals surface area contributed by atoms with Crippen molar-refractivity contribution in [3.63, 3.8) is 0 Å². The number of hydrogen-bond acceptors (Lipinski definition) is 2. The van der Waals surface area contributed by atoms with Crippen molar-refractivity contribution >= 4 is 29.3 Å². The van der Waals surface area contributed by atoms with Crippen molar-refractivity contribution in [1.82, 2.24) is 0 Å². The number of aliphatic carboxylic acids is 1. The lowest BCUT2D eigenvalue weighted by molar-refractivity contribution is -0.136. The lowest BCUT2D eigenvalue weighted by atomic mass is 10.0. The third-order valence-electron chi connectivity index (χ3n) is 3.01. The van der Waals surface area contributed by atoms with Gasteiger partial charge in [0, 0.05) is 9.92 Å². The van der Waals surface area contributed by atoms with Gasteiger partial charge in [-0.2, -0.15) is 0 Å². The highest BCUT2D eigenvalue weighted by Gasteiger charge is 2.20. The Hall–Kier alpha value is -1.45. The highest BCUT2D eigenvalue weighted by Crippen LogP contribution is 2.27. The fourth-order valence-corrected chi connectivity index (χ4v) is 3.16. The van der Waals surface area contributed by atoms with Crippen molar-refractivity contribution in [3.8, 4) is 0 Å². The molecule has 0 saturated heterocycles. The minimum atomic E-state index is -0.798. The van der Waals surface area contributed by atoms with Crippen molar-refractivity contribution < 1.29 is 9.90 Å². The number of aryl methyl sites for hydroxylation is 1. The van der Waals surface area contributed by atoms with Crippen LogP contribution in [-0.4, -0.2) is 16.3 Å². The van der Waals surface area contributed by atoms with E-state index in [0.29, 0.717) is 11.4 Å². The topological polar surface area (TPSA) is 37.3 Å². The molecule has 0 heterocycles. The van der Waals surface area contributed by atoms with Gasteiger partial charge in [0.05, 0.1) is 0 Å². The monoisotopic (exact) mass is 306 g/mol. The summed E-state index contributed by atoms with van der Waals surface area (Å²) in [5.41, 5.74) is 2.04. The summed E-state index contributed by atoms with van der Waals surface area (Å²) in [6, 6.07) is 15.2. The largest absolute Gasteiger partial charge is 0.480 e. The van der Waals surface area contributed by atoms with Gasteiger partial charge in [-0.05, 0) is 48.7 Å². The SMILES string of the molecule is Cc1cc(Cl)ccc1C[C@@H](Sc1ccccc1)C(=O)O. The Balaban J connectivity index is 2.15. The molecule has 2 aromatic carbocycles. The molecule has 0 radical (unpaired) electrons. The molecule has 0 unspecified atom stereocenters. The summed E-state index contributed by atoms with van der Waals surface area (Å²) in [5, 5.41) is 9.57. The highest BCUT2D eigenvalue weighted by molar-refractivity contribution is 8.00. The Morgan fingerprint density at radius 3 is 2.55 bits per heavy atom. The summed E-state index contributed by atoms with van der Waals surface area (Å²) in [5.74, 6) is -0.798. The van der Waals surface area contributed by atoms with Crippen LogP contribution in [0.5, 0.6) is 0 Å². The molecule has 2 rings (SSSR count). The first-order chi connectivity index (χ1) is 9.56. The van der Waals surface area contributed by atoms with Crippen LogP contribution in [-0.2, 0) is 11.2 Å². The molecule has 0 amide bonds. The molecule has 0 fully saturated rings. The first-order valence-electron chi connectivity index (χ1n) is 6.26. The van der Waals surface area contributed by atoms with Crippen LogP contribution in [0.3, 0.4) is 0 Å². The molecule has 1 atom stereocenters. The van der Waals surface area contributed by atoms with Crippen LogP contribution >= 0.6 is 23.4 Å². The van der Waals surface area contributed by atoms with E-state index in [1.807, 2.05) is 49.4 Å². The van der Waals surface area contributed by atoms with E-state index in [0.717, 1.165) is 16.0 Å². The number of carbonyl (C=O) groups is 1. The van der Waals surface area contributed by atoms with Gasteiger partial charge in [-0.25, -0.2) is 0 Å². The molecule has 4 heteroatoms. The van der Waals surface area contributed by atoms with Crippen LogP contribution in [0.1, 0.15) is 11.1 Å². The average Bonchev–Trinajstić information content (AvgIpc) is 2.42. The van der Waals surface area contributed by atoms with Crippen LogP contribution in [0.4, 0.5) is 0 Å². The van der Waals surface area contributed by atoms with Crippen molar-refractivity contribution in [3.05, 3.63) is 64.7 Å². The molecule has 0 aromatic heterocycles. The van der Waals surface area contributed by atoms with E-state index in [4.69, 9.17) is 11.6 Å². The number of thioether (sulfide) groups is 1. The molecule has 1 N–H and O–H groups in total. The van der Waals surface area contributed by atoms with Gasteiger partial charge in [0.1, 0.15) is 5.25 Å². The molecular formula is C16H15ClO2S. The predicted octanol–water partition coefficient (Wildman–Crippen LogP) is 4.44. The van der Waals surface area contributed by atoms with E-state index in [1.54, 1.807) is 6.07 Å². The molecule has 0 aliphatic carbocycles. The Bertz CT molecular complexity index is 599. The van der Waals surface area contributed by atoms with Crippen molar-refractivity contribution in [2.24, 2.45) is 0 Å². The fraction of sp³-hybridized carbons (Fsp3) is 0.188. The summed E-state index contributed by atoms with van der Waals surface area (Å²) in [4.78, 5) is 12.4. The zero-order valence-corrected chi connectivity index (χ0v) is 12.6. The Morgan fingerprint density at radius 1 is 1.25 bits per heavy atom. The Morgan fingerprint density at radius 2 is 1.95 bits per heavy atom. The van der Waals surface area contributed by atoms with Gasteiger partial charge in [0.2, 0.25) is 0 Å². The van der Waals surface area contributed by atoms with Gasteiger partial charge in [0.15, 0.2) is 0 Å². The van der Waals surface area contributed by atoms with Crippen LogP contribution in [0.15, 0.2) is 53.4 Å². The lowest BCUT2D eigenvalue weighted by Gasteiger charge is -2.14. The zero-order valence-electron chi connectivity index (χ0n) is 11.0. The quantitative estimate of drug-likeness (QED) is 0.830. The second-order valence-electron chi connectivity index (χ2n) is 4.53. The third-order valence-corrected chi connectivity index (χ3v) is 4.44. The van der Waals surface area contributed by atoms with E-state index < -0.39 is 11.2 Å². The first-order valence-corrected chi connectivity index (χ1v) is 7.51. The van der Waals surface area contributed by atoms with Crippen LogP contribution in [0.2, 0.25) is 5.02 Å². The molecule has 0 spiro atoms. The number of benzene rings is 2. The summed E-state index contributed by atoms with van der Waals surface area (Å²) in [6.45, 7) is 1.95. The molecular weight excluding hydrogens is 292 g/mol. The summed E-state index contributed by atoms with van der Waals surface area (Å²) < 4.78 is 0. The smallest absolute Gasteiger partial charge is 0.317 e. The fourth-order valence-electron chi connectivity index (χ4n) is 1.93. The summed E-state index contributed by atoms with van der Waals surface area (Å²) in [7, 11) is 0. The van der Waals surface area contributed by atoms with Gasteiger partial charge in [-0.15, -0.1) is 11.8 Å². The molecule has 0 aliphatic rings. The van der Waals surface area contributed by atoms with Crippen molar-refractivity contribution in [2.75, 3.05) is 0 Å². The van der Waals surface area contributed by atoms with Gasteiger partial charge in [-0.1, -0.05) is 35.9 Å². The maximum atomic E-state index is 11.4. The third kappa shape index (κ3) is 4.02. The standard InChI is InChI=1S/C16H15ClO2S/c1-11-9-13(17)8-7-12(11)10-15(16(18)19)20-14-5-3-2-4-6-14/h2-9,15H,10H2,1H3,(H,18,19)/t15-/m1/s1. The number of rotatable bonds is 5. The van der Waals surface area contributed by atoms with Gasteiger partial charge < -0.3 is 5.11 Å². The molecule has 0 aliphatic heterocycles. The molecule has 2 aromatic rings. The number of hydrogen-bond donors (Lipinski definition) is 1. The van der Waals surface area contributed by atoms with Gasteiger partial charge in [0.25, 0.3) is 0 Å². The summed E-state index contributed by atoms with van der Waals surface area (Å²) >= 11 is 7.30. The normalized spacial score (nSPS) is 12.1. The molecule has 2 nitrogen and oxygen atoms in total. The Kier molecular flexibility index (Phi) is 5.10. The molecule has 0 bridgehead atoms. The molecule has 0 saturated carbocycles. The predicted molar refractivity (Wildman–Crippen MR) is 83.6 cm³/mol. The van der Waals surface area contributed by atoms with Crippen LogP contribution in [0, 0.1) is 6.92 Å². The van der Waals surface area contributed by atoms with E-state index in [1.165, 1.54) is 11.8 Å². The van der Waals surface area contributed by atoms with Crippen molar-refractivity contribution in [2.45, 2.75) is 23.5 Å². The van der Waals surface area contributed by atoms with Crippen LogP contribution < -0.4 is 0 Å². The average molecular weight is 307 g/mol. The number of carboxylic acids is 1. The molecule has 104 valence electrons. The zero-order chi connectivity index (χ0) is 14.5. The molecule has 20 heavy (non-hydrogen) atoms. The lowest BCUT2D eigenvalue weighted by Crippen LogP contribution is -2.19. The number of carboxylic acid groups (broad SMARTS) is 1. The van der Waals surface area contributed by atoms with Crippen molar-refractivity contribution in [1.29, 1.82) is 0 Å². The highest BCUT2D eigenvalue weighted by atomic mass is 35.5. The van der Waals surface area contributed by atoms with E-state index in [2.05, 4.69) is 0 Å². The minimum Gasteiger partial charge on any atom is -0.480 e. The minimum absolute atomic E-state index is 0.484. The van der Waals surface area contributed by atoms with Gasteiger partial charge >= 0.3 is 5.97 Å². The Labute approximate surface area is 127 Å². The first kappa shape index (κ1) is 14.9. The maximum absolute atomic E-state index is 11.4. The van der Waals surface area contributed by atoms with E-state index in [9.17, 15) is 9.90 Å². The maximum Gasteiger partial charge on any atom is 0.317 e. The van der Waals surface area contributed by atoms with E-state index >= 15 is 0 Å². The second-order valence-corrected chi connectivity index (χ2v) is 6.25.